The Balaban J connectivity index is 2.44. The van der Waals surface area contributed by atoms with Crippen molar-refractivity contribution in [1.29, 1.82) is 0 Å². The summed E-state index contributed by atoms with van der Waals surface area (Å²) in [5.74, 6) is 0.942. The quantitative estimate of drug-likeness (QED) is 0.876. The highest BCUT2D eigenvalue weighted by Gasteiger charge is 2.10. The van der Waals surface area contributed by atoms with Crippen molar-refractivity contribution in [3.8, 4) is 5.75 Å². The van der Waals surface area contributed by atoms with Gasteiger partial charge in [-0.05, 0) is 23.9 Å². The summed E-state index contributed by atoms with van der Waals surface area (Å²) >= 11 is 0. The first-order chi connectivity index (χ1) is 8.76. The van der Waals surface area contributed by atoms with Crippen molar-refractivity contribution >= 4 is 10.8 Å². The molecule has 0 aliphatic carbocycles. The first kappa shape index (κ1) is 12.9. The molecule has 0 heterocycles. The number of methoxy groups -OCH3 is 1. The third-order valence-electron chi connectivity index (χ3n) is 3.16. The first-order valence-corrected chi connectivity index (χ1v) is 6.19. The third-order valence-corrected chi connectivity index (χ3v) is 3.16. The van der Waals surface area contributed by atoms with E-state index in [1.807, 2.05) is 6.07 Å². The highest BCUT2D eigenvalue weighted by Crippen LogP contribution is 2.28. The van der Waals surface area contributed by atoms with E-state index in [1.165, 1.54) is 16.3 Å². The van der Waals surface area contributed by atoms with E-state index in [-0.39, 0.29) is 0 Å². The number of hydrogen-bond donors (Lipinski definition) is 1. The Labute approximate surface area is 108 Å². The second-order valence-electron chi connectivity index (χ2n) is 4.49. The molecule has 96 valence electrons. The standard InChI is InChI=1S/C15H20N2O/c1-17(10-9-16)11-14-13-6-4-3-5-12(13)7-8-15(14)18-2/h3-8H,9-11,16H2,1-2H3. The molecule has 2 rings (SSSR count). The second-order valence-corrected chi connectivity index (χ2v) is 4.49. The molecule has 18 heavy (non-hydrogen) atoms. The molecule has 2 aromatic carbocycles. The number of nitrogens with zero attached hydrogens (tertiary/aromatic N) is 1. The SMILES string of the molecule is COc1ccc2ccccc2c1CN(C)CCN. The summed E-state index contributed by atoms with van der Waals surface area (Å²) < 4.78 is 5.47. The number of fused-ring (bicyclic) bond motifs is 1. The van der Waals surface area contributed by atoms with Crippen molar-refractivity contribution in [2.45, 2.75) is 6.54 Å². The molecule has 0 amide bonds. The molecular weight excluding hydrogens is 224 g/mol. The Morgan fingerprint density at radius 3 is 2.67 bits per heavy atom. The lowest BCUT2D eigenvalue weighted by Crippen LogP contribution is -2.25. The molecule has 0 radical (unpaired) electrons. The largest absolute Gasteiger partial charge is 0.496 e. The third kappa shape index (κ3) is 2.63. The molecule has 0 spiro atoms. The molecule has 3 heteroatoms. The monoisotopic (exact) mass is 244 g/mol. The predicted octanol–water partition coefficient (Wildman–Crippen LogP) is 2.24. The molecule has 0 fully saturated rings. The van der Waals surface area contributed by atoms with Crippen molar-refractivity contribution in [2.75, 3.05) is 27.2 Å². The summed E-state index contributed by atoms with van der Waals surface area (Å²) in [6.45, 7) is 2.40. The van der Waals surface area contributed by atoms with E-state index < -0.39 is 0 Å². The molecule has 0 unspecified atom stereocenters. The van der Waals surface area contributed by atoms with Gasteiger partial charge in [-0.15, -0.1) is 0 Å². The minimum atomic E-state index is 0.670. The van der Waals surface area contributed by atoms with Crippen LogP contribution in [0, 0.1) is 0 Å². The van der Waals surface area contributed by atoms with Gasteiger partial charge in [0.1, 0.15) is 5.75 Å². The van der Waals surface area contributed by atoms with Gasteiger partial charge in [0.2, 0.25) is 0 Å². The average molecular weight is 244 g/mol. The van der Waals surface area contributed by atoms with Gasteiger partial charge in [0, 0.05) is 25.2 Å². The lowest BCUT2D eigenvalue weighted by atomic mass is 10.0. The van der Waals surface area contributed by atoms with E-state index in [0.29, 0.717) is 6.54 Å². The summed E-state index contributed by atoms with van der Waals surface area (Å²) in [5.41, 5.74) is 6.82. The number of ether oxygens (including phenoxy) is 1. The van der Waals surface area contributed by atoms with Gasteiger partial charge in [-0.25, -0.2) is 0 Å². The summed E-state index contributed by atoms with van der Waals surface area (Å²) in [6.07, 6.45) is 0. The summed E-state index contributed by atoms with van der Waals surface area (Å²) in [5, 5.41) is 2.50. The van der Waals surface area contributed by atoms with Gasteiger partial charge in [0.25, 0.3) is 0 Å². The van der Waals surface area contributed by atoms with Crippen LogP contribution in [-0.4, -0.2) is 32.1 Å². The normalized spacial score (nSPS) is 11.1. The first-order valence-electron chi connectivity index (χ1n) is 6.19. The van der Waals surface area contributed by atoms with Crippen LogP contribution < -0.4 is 10.5 Å². The molecule has 0 aliphatic heterocycles. The van der Waals surface area contributed by atoms with Gasteiger partial charge < -0.3 is 15.4 Å². The fourth-order valence-electron chi connectivity index (χ4n) is 2.24. The number of rotatable bonds is 5. The Kier molecular flexibility index (Phi) is 4.18. The molecule has 3 nitrogen and oxygen atoms in total. The lowest BCUT2D eigenvalue weighted by Gasteiger charge is -2.19. The van der Waals surface area contributed by atoms with Crippen molar-refractivity contribution in [3.05, 3.63) is 42.0 Å². The molecule has 2 aromatic rings. The molecular formula is C15H20N2O. The van der Waals surface area contributed by atoms with Crippen LogP contribution >= 0.6 is 0 Å². The maximum atomic E-state index is 5.59. The van der Waals surface area contributed by atoms with E-state index in [4.69, 9.17) is 10.5 Å². The van der Waals surface area contributed by atoms with Crippen LogP contribution in [0.3, 0.4) is 0 Å². The number of hydrogen-bond acceptors (Lipinski definition) is 3. The fourth-order valence-corrected chi connectivity index (χ4v) is 2.24. The highest BCUT2D eigenvalue weighted by molar-refractivity contribution is 5.87. The second kappa shape index (κ2) is 5.85. The maximum absolute atomic E-state index is 5.59. The summed E-state index contributed by atoms with van der Waals surface area (Å²) in [4.78, 5) is 2.21. The minimum absolute atomic E-state index is 0.670. The van der Waals surface area contributed by atoms with E-state index in [2.05, 4.69) is 42.3 Å². The average Bonchev–Trinajstić information content (AvgIpc) is 2.39. The molecule has 0 saturated heterocycles. The number of benzene rings is 2. The van der Waals surface area contributed by atoms with Crippen LogP contribution in [0.1, 0.15) is 5.56 Å². The zero-order valence-corrected chi connectivity index (χ0v) is 11.0. The van der Waals surface area contributed by atoms with E-state index >= 15 is 0 Å². The van der Waals surface area contributed by atoms with Crippen LogP contribution in [0.5, 0.6) is 5.75 Å². The van der Waals surface area contributed by atoms with Crippen LogP contribution in [0.4, 0.5) is 0 Å². The fraction of sp³-hybridized carbons (Fsp3) is 0.333. The molecule has 0 aliphatic rings. The summed E-state index contributed by atoms with van der Waals surface area (Å²) in [7, 11) is 3.80. The minimum Gasteiger partial charge on any atom is -0.496 e. The van der Waals surface area contributed by atoms with Crippen LogP contribution in [0.2, 0.25) is 0 Å². The predicted molar refractivity (Wildman–Crippen MR) is 75.9 cm³/mol. The van der Waals surface area contributed by atoms with Crippen molar-refractivity contribution in [3.63, 3.8) is 0 Å². The van der Waals surface area contributed by atoms with Gasteiger partial charge in [-0.3, -0.25) is 0 Å². The zero-order chi connectivity index (χ0) is 13.0. The van der Waals surface area contributed by atoms with E-state index in [9.17, 15) is 0 Å². The summed E-state index contributed by atoms with van der Waals surface area (Å²) in [6, 6.07) is 12.5. The Bertz CT molecular complexity index is 525. The van der Waals surface area contributed by atoms with Crippen LogP contribution in [0.15, 0.2) is 36.4 Å². The van der Waals surface area contributed by atoms with Gasteiger partial charge in [0.15, 0.2) is 0 Å². The Hall–Kier alpha value is -1.58. The Morgan fingerprint density at radius 2 is 1.94 bits per heavy atom. The number of nitrogens with two attached hydrogens (primary N) is 1. The molecule has 0 saturated carbocycles. The topological polar surface area (TPSA) is 38.5 Å². The highest BCUT2D eigenvalue weighted by atomic mass is 16.5. The molecule has 0 aromatic heterocycles. The maximum Gasteiger partial charge on any atom is 0.123 e. The smallest absolute Gasteiger partial charge is 0.123 e. The van der Waals surface area contributed by atoms with Crippen molar-refractivity contribution in [1.82, 2.24) is 4.90 Å². The number of likely N-dealkylation sites (N-methyl/N-ethyl adjacent to an activating group) is 1. The van der Waals surface area contributed by atoms with Gasteiger partial charge in [0.05, 0.1) is 7.11 Å². The van der Waals surface area contributed by atoms with E-state index in [1.54, 1.807) is 7.11 Å². The molecule has 0 bridgehead atoms. The molecule has 2 N–H and O–H groups in total. The van der Waals surface area contributed by atoms with Crippen LogP contribution in [-0.2, 0) is 6.54 Å². The van der Waals surface area contributed by atoms with Crippen molar-refractivity contribution in [2.24, 2.45) is 5.73 Å². The van der Waals surface area contributed by atoms with Crippen LogP contribution in [0.25, 0.3) is 10.8 Å². The van der Waals surface area contributed by atoms with Gasteiger partial charge >= 0.3 is 0 Å². The zero-order valence-electron chi connectivity index (χ0n) is 11.0. The Morgan fingerprint density at radius 1 is 1.17 bits per heavy atom. The van der Waals surface area contributed by atoms with E-state index in [0.717, 1.165) is 18.8 Å². The van der Waals surface area contributed by atoms with Gasteiger partial charge in [-0.1, -0.05) is 30.3 Å². The molecule has 0 atom stereocenters. The van der Waals surface area contributed by atoms with Gasteiger partial charge in [-0.2, -0.15) is 0 Å². The lowest BCUT2D eigenvalue weighted by molar-refractivity contribution is 0.327. The van der Waals surface area contributed by atoms with Crippen molar-refractivity contribution < 1.29 is 4.74 Å².